The largest absolute Gasteiger partial charge is 0.320 e. The van der Waals surface area contributed by atoms with Gasteiger partial charge in [0.25, 0.3) is 5.91 Å². The Morgan fingerprint density at radius 3 is 2.53 bits per heavy atom. The zero-order valence-corrected chi connectivity index (χ0v) is 12.5. The van der Waals surface area contributed by atoms with Gasteiger partial charge in [-0.25, -0.2) is 4.39 Å². The van der Waals surface area contributed by atoms with E-state index in [4.69, 9.17) is 23.2 Å². The van der Waals surface area contributed by atoms with E-state index in [-0.39, 0.29) is 10.6 Å². The van der Waals surface area contributed by atoms with Gasteiger partial charge < -0.3 is 5.32 Å². The van der Waals surface area contributed by atoms with Gasteiger partial charge in [-0.1, -0.05) is 35.3 Å². The van der Waals surface area contributed by atoms with Crippen LogP contribution in [0.1, 0.15) is 10.4 Å². The first-order valence-electron chi connectivity index (χ1n) is 5.20. The highest BCUT2D eigenvalue weighted by molar-refractivity contribution is 9.10. The second-order valence-corrected chi connectivity index (χ2v) is 5.29. The predicted octanol–water partition coefficient (Wildman–Crippen LogP) is 5.15. The molecule has 0 saturated heterocycles. The number of rotatable bonds is 2. The molecule has 2 nitrogen and oxygen atoms in total. The Kier molecular flexibility index (Phi) is 4.45. The number of amides is 1. The fraction of sp³-hybridized carbons (Fsp3) is 0. The minimum absolute atomic E-state index is 0.0847. The number of benzene rings is 2. The van der Waals surface area contributed by atoms with E-state index in [1.54, 1.807) is 24.3 Å². The van der Waals surface area contributed by atoms with Crippen molar-refractivity contribution in [1.82, 2.24) is 0 Å². The second-order valence-electron chi connectivity index (χ2n) is 3.65. The normalized spacial score (nSPS) is 10.3. The van der Waals surface area contributed by atoms with E-state index in [9.17, 15) is 9.18 Å². The van der Waals surface area contributed by atoms with Crippen molar-refractivity contribution in [3.05, 3.63) is 62.3 Å². The third kappa shape index (κ3) is 3.08. The zero-order chi connectivity index (χ0) is 14.0. The van der Waals surface area contributed by atoms with Crippen molar-refractivity contribution in [1.29, 1.82) is 0 Å². The highest BCUT2D eigenvalue weighted by Crippen LogP contribution is 2.30. The van der Waals surface area contributed by atoms with Crippen molar-refractivity contribution >= 4 is 50.7 Å². The molecule has 0 aromatic heterocycles. The minimum atomic E-state index is -0.620. The molecule has 0 saturated carbocycles. The summed E-state index contributed by atoms with van der Waals surface area (Å²) in [4.78, 5) is 12.0. The van der Waals surface area contributed by atoms with E-state index < -0.39 is 11.7 Å². The molecule has 1 N–H and O–H groups in total. The molecule has 0 unspecified atom stereocenters. The summed E-state index contributed by atoms with van der Waals surface area (Å²) in [6.45, 7) is 0. The van der Waals surface area contributed by atoms with Crippen molar-refractivity contribution < 1.29 is 9.18 Å². The van der Waals surface area contributed by atoms with Crippen molar-refractivity contribution in [3.63, 3.8) is 0 Å². The summed E-state index contributed by atoms with van der Waals surface area (Å²) in [5.41, 5.74) is 0.243. The van der Waals surface area contributed by atoms with E-state index in [0.29, 0.717) is 15.2 Å². The lowest BCUT2D eigenvalue weighted by molar-refractivity contribution is 0.102. The van der Waals surface area contributed by atoms with Gasteiger partial charge in [-0.3, -0.25) is 4.79 Å². The third-order valence-corrected chi connectivity index (χ3v) is 3.87. The van der Waals surface area contributed by atoms with Gasteiger partial charge in [0, 0.05) is 4.47 Å². The molecule has 1 amide bonds. The standard InChI is InChI=1S/C13H7BrCl2FNO/c14-7-3-1-5-9(17)11(7)13(19)18-10-6-2-4-8(15)12(10)16/h1-6H,(H,18,19). The topological polar surface area (TPSA) is 29.1 Å². The molecule has 0 aliphatic heterocycles. The summed E-state index contributed by atoms with van der Waals surface area (Å²) in [7, 11) is 0. The Bertz CT molecular complexity index is 628. The number of nitrogens with one attached hydrogen (secondary N) is 1. The third-order valence-electron chi connectivity index (χ3n) is 2.39. The van der Waals surface area contributed by atoms with E-state index in [1.807, 2.05) is 0 Å². The lowest BCUT2D eigenvalue weighted by atomic mass is 10.2. The molecule has 98 valence electrons. The zero-order valence-electron chi connectivity index (χ0n) is 9.38. The molecule has 0 aliphatic carbocycles. The van der Waals surface area contributed by atoms with Crippen LogP contribution in [0.15, 0.2) is 40.9 Å². The maximum atomic E-state index is 13.6. The lowest BCUT2D eigenvalue weighted by Crippen LogP contribution is -2.14. The summed E-state index contributed by atoms with van der Waals surface area (Å²) >= 11 is 14.9. The van der Waals surface area contributed by atoms with Crippen molar-refractivity contribution in [2.75, 3.05) is 5.32 Å². The van der Waals surface area contributed by atoms with Crippen LogP contribution in [-0.2, 0) is 0 Å². The number of halogens is 4. The van der Waals surface area contributed by atoms with Gasteiger partial charge in [0.05, 0.1) is 21.3 Å². The molecule has 2 rings (SSSR count). The smallest absolute Gasteiger partial charge is 0.259 e. The summed E-state index contributed by atoms with van der Waals surface area (Å²) in [6, 6.07) is 9.11. The Balaban J connectivity index is 2.34. The summed E-state index contributed by atoms with van der Waals surface area (Å²) in [6.07, 6.45) is 0. The number of carbonyl (C=O) groups is 1. The monoisotopic (exact) mass is 361 g/mol. The molecule has 0 atom stereocenters. The molecule has 0 spiro atoms. The average Bonchev–Trinajstić information content (AvgIpc) is 2.35. The lowest BCUT2D eigenvalue weighted by Gasteiger charge is -2.09. The first-order valence-corrected chi connectivity index (χ1v) is 6.75. The Labute approximate surface area is 127 Å². The SMILES string of the molecule is O=C(Nc1cccc(Cl)c1Cl)c1c(F)cccc1Br. The molecule has 0 fully saturated rings. The van der Waals surface area contributed by atoms with Crippen molar-refractivity contribution in [2.24, 2.45) is 0 Å². The van der Waals surface area contributed by atoms with Crippen molar-refractivity contribution in [3.8, 4) is 0 Å². The van der Waals surface area contributed by atoms with E-state index in [0.717, 1.165) is 0 Å². The maximum Gasteiger partial charge on any atom is 0.259 e. The maximum absolute atomic E-state index is 13.6. The molecule has 2 aromatic rings. The quantitative estimate of drug-likeness (QED) is 0.786. The Hall–Kier alpha value is -1.10. The summed E-state index contributed by atoms with van der Waals surface area (Å²) in [5.74, 6) is -1.22. The number of carbonyl (C=O) groups excluding carboxylic acids is 1. The van der Waals surface area contributed by atoms with Gasteiger partial charge in [0.15, 0.2) is 0 Å². The molecular weight excluding hydrogens is 356 g/mol. The highest BCUT2D eigenvalue weighted by atomic mass is 79.9. The fourth-order valence-electron chi connectivity index (χ4n) is 1.50. The van der Waals surface area contributed by atoms with Crippen LogP contribution in [0.2, 0.25) is 10.0 Å². The van der Waals surface area contributed by atoms with Crippen LogP contribution < -0.4 is 5.32 Å². The Morgan fingerprint density at radius 2 is 1.84 bits per heavy atom. The highest BCUT2D eigenvalue weighted by Gasteiger charge is 2.17. The van der Waals surface area contributed by atoms with Crippen molar-refractivity contribution in [2.45, 2.75) is 0 Å². The average molecular weight is 363 g/mol. The van der Waals surface area contributed by atoms with E-state index >= 15 is 0 Å². The van der Waals surface area contributed by atoms with Gasteiger partial charge in [0.2, 0.25) is 0 Å². The second kappa shape index (κ2) is 5.90. The van der Waals surface area contributed by atoms with E-state index in [2.05, 4.69) is 21.2 Å². The van der Waals surface area contributed by atoms with Crippen LogP contribution >= 0.6 is 39.1 Å². The number of hydrogen-bond acceptors (Lipinski definition) is 1. The van der Waals surface area contributed by atoms with Crippen LogP contribution in [0.5, 0.6) is 0 Å². The molecule has 0 aliphatic rings. The predicted molar refractivity (Wildman–Crippen MR) is 78.5 cm³/mol. The molecule has 2 aromatic carbocycles. The molecule has 6 heteroatoms. The minimum Gasteiger partial charge on any atom is -0.320 e. The van der Waals surface area contributed by atoms with Gasteiger partial charge in [-0.2, -0.15) is 0 Å². The van der Waals surface area contributed by atoms with Gasteiger partial charge in [-0.15, -0.1) is 0 Å². The van der Waals surface area contributed by atoms with Gasteiger partial charge >= 0.3 is 0 Å². The molecule has 0 bridgehead atoms. The van der Waals surface area contributed by atoms with Crippen LogP contribution in [0.3, 0.4) is 0 Å². The first kappa shape index (κ1) is 14.3. The van der Waals surface area contributed by atoms with Gasteiger partial charge in [0.1, 0.15) is 5.82 Å². The van der Waals surface area contributed by atoms with Crippen LogP contribution in [-0.4, -0.2) is 5.91 Å². The molecule has 0 heterocycles. The Morgan fingerprint density at radius 1 is 1.16 bits per heavy atom. The number of hydrogen-bond donors (Lipinski definition) is 1. The van der Waals surface area contributed by atoms with Crippen LogP contribution in [0, 0.1) is 5.82 Å². The number of anilines is 1. The van der Waals surface area contributed by atoms with Crippen LogP contribution in [0.25, 0.3) is 0 Å². The molecule has 0 radical (unpaired) electrons. The van der Waals surface area contributed by atoms with Crippen LogP contribution in [0.4, 0.5) is 10.1 Å². The first-order chi connectivity index (χ1) is 9.00. The fourth-order valence-corrected chi connectivity index (χ4v) is 2.37. The summed E-state index contributed by atoms with van der Waals surface area (Å²) in [5, 5.41) is 3.05. The summed E-state index contributed by atoms with van der Waals surface area (Å²) < 4.78 is 14.0. The molecular formula is C13H7BrCl2FNO. The van der Waals surface area contributed by atoms with E-state index in [1.165, 1.54) is 12.1 Å². The van der Waals surface area contributed by atoms with Gasteiger partial charge in [-0.05, 0) is 40.2 Å². The molecule has 19 heavy (non-hydrogen) atoms.